The van der Waals surface area contributed by atoms with E-state index in [1.807, 2.05) is 0 Å². The molecular formula is C12H17BrClN. The number of alkyl halides is 1. The zero-order valence-electron chi connectivity index (χ0n) is 9.43. The smallest absolute Gasteiger partial charge is 0.0494 e. The molecule has 0 N–H and O–H groups in total. The van der Waals surface area contributed by atoms with E-state index in [4.69, 9.17) is 11.6 Å². The summed E-state index contributed by atoms with van der Waals surface area (Å²) in [5.41, 5.74) is 2.40. The van der Waals surface area contributed by atoms with Gasteiger partial charge in [-0.25, -0.2) is 0 Å². The van der Waals surface area contributed by atoms with Crippen molar-refractivity contribution in [2.24, 2.45) is 0 Å². The van der Waals surface area contributed by atoms with Crippen LogP contribution in [-0.2, 0) is 5.88 Å². The van der Waals surface area contributed by atoms with Gasteiger partial charge in [-0.15, -0.1) is 11.6 Å². The van der Waals surface area contributed by atoms with Crippen molar-refractivity contribution in [2.75, 3.05) is 11.9 Å². The Morgan fingerprint density at radius 2 is 2.13 bits per heavy atom. The van der Waals surface area contributed by atoms with Crippen molar-refractivity contribution in [3.63, 3.8) is 0 Å². The van der Waals surface area contributed by atoms with E-state index >= 15 is 0 Å². The molecule has 1 rings (SSSR count). The minimum Gasteiger partial charge on any atom is -0.372 e. The second kappa shape index (κ2) is 5.76. The molecule has 0 aromatic heterocycles. The Morgan fingerprint density at radius 1 is 1.47 bits per heavy atom. The summed E-state index contributed by atoms with van der Waals surface area (Å²) < 4.78 is 1.08. The van der Waals surface area contributed by atoms with Crippen LogP contribution in [0.4, 0.5) is 5.69 Å². The molecule has 15 heavy (non-hydrogen) atoms. The van der Waals surface area contributed by atoms with Gasteiger partial charge in [-0.3, -0.25) is 0 Å². The summed E-state index contributed by atoms with van der Waals surface area (Å²) >= 11 is 9.41. The highest BCUT2D eigenvalue weighted by Gasteiger charge is 2.11. The third-order valence-corrected chi connectivity index (χ3v) is 3.60. The van der Waals surface area contributed by atoms with Crippen LogP contribution < -0.4 is 4.90 Å². The molecular weight excluding hydrogens is 273 g/mol. The molecule has 0 saturated heterocycles. The van der Waals surface area contributed by atoms with Gasteiger partial charge >= 0.3 is 0 Å². The zero-order chi connectivity index (χ0) is 11.4. The summed E-state index contributed by atoms with van der Waals surface area (Å²) in [7, 11) is 2.12. The van der Waals surface area contributed by atoms with E-state index in [2.05, 4.69) is 59.9 Å². The van der Waals surface area contributed by atoms with E-state index in [9.17, 15) is 0 Å². The summed E-state index contributed by atoms with van der Waals surface area (Å²) in [6.07, 6.45) is 1.13. The lowest BCUT2D eigenvalue weighted by Gasteiger charge is -2.28. The molecule has 1 unspecified atom stereocenters. The minimum atomic E-state index is 0.535. The molecule has 84 valence electrons. The molecule has 1 aromatic rings. The summed E-state index contributed by atoms with van der Waals surface area (Å²) in [5.74, 6) is 0.551. The fourth-order valence-corrected chi connectivity index (χ4v) is 2.14. The lowest BCUT2D eigenvalue weighted by Crippen LogP contribution is -2.28. The van der Waals surface area contributed by atoms with Crippen molar-refractivity contribution >= 4 is 33.2 Å². The third kappa shape index (κ3) is 3.12. The fourth-order valence-electron chi connectivity index (χ4n) is 1.52. The molecule has 1 nitrogen and oxygen atoms in total. The highest BCUT2D eigenvalue weighted by Crippen LogP contribution is 2.27. The molecule has 0 saturated carbocycles. The van der Waals surface area contributed by atoms with E-state index in [1.165, 1.54) is 11.3 Å². The van der Waals surface area contributed by atoms with Crippen molar-refractivity contribution in [1.82, 2.24) is 0 Å². The Morgan fingerprint density at radius 3 is 2.67 bits per heavy atom. The molecule has 0 aliphatic rings. The van der Waals surface area contributed by atoms with Gasteiger partial charge in [0.15, 0.2) is 0 Å². The van der Waals surface area contributed by atoms with Crippen LogP contribution >= 0.6 is 27.5 Å². The monoisotopic (exact) mass is 289 g/mol. The predicted octanol–water partition coefficient (Wildman–Crippen LogP) is 4.42. The van der Waals surface area contributed by atoms with Crippen LogP contribution in [0.15, 0.2) is 22.7 Å². The van der Waals surface area contributed by atoms with E-state index in [1.54, 1.807) is 0 Å². The maximum Gasteiger partial charge on any atom is 0.0494 e. The average molecular weight is 291 g/mol. The first-order valence-electron chi connectivity index (χ1n) is 5.17. The molecule has 1 aromatic carbocycles. The lowest BCUT2D eigenvalue weighted by atomic mass is 10.1. The van der Waals surface area contributed by atoms with Gasteiger partial charge in [0.25, 0.3) is 0 Å². The Labute approximate surface area is 106 Å². The Kier molecular flexibility index (Phi) is 4.94. The van der Waals surface area contributed by atoms with Crippen LogP contribution in [0.25, 0.3) is 0 Å². The second-order valence-corrected chi connectivity index (χ2v) is 4.96. The van der Waals surface area contributed by atoms with Crippen LogP contribution in [0.2, 0.25) is 0 Å². The van der Waals surface area contributed by atoms with Gasteiger partial charge in [-0.05, 0) is 37.1 Å². The van der Waals surface area contributed by atoms with Crippen molar-refractivity contribution in [1.29, 1.82) is 0 Å². The maximum absolute atomic E-state index is 5.95. The molecule has 0 heterocycles. The highest BCUT2D eigenvalue weighted by molar-refractivity contribution is 9.10. The van der Waals surface area contributed by atoms with Gasteiger partial charge in [-0.2, -0.15) is 0 Å². The molecule has 3 heteroatoms. The number of halogens is 2. The first kappa shape index (κ1) is 12.9. The van der Waals surface area contributed by atoms with E-state index in [-0.39, 0.29) is 0 Å². The summed E-state index contributed by atoms with van der Waals surface area (Å²) in [6, 6.07) is 6.80. The second-order valence-electron chi connectivity index (χ2n) is 3.77. The van der Waals surface area contributed by atoms with Crippen molar-refractivity contribution in [3.05, 3.63) is 28.2 Å². The normalized spacial score (nSPS) is 12.6. The summed E-state index contributed by atoms with van der Waals surface area (Å²) in [5, 5.41) is 0. The third-order valence-electron chi connectivity index (χ3n) is 2.82. The van der Waals surface area contributed by atoms with Crippen molar-refractivity contribution in [3.8, 4) is 0 Å². The van der Waals surface area contributed by atoms with Gasteiger partial charge in [0, 0.05) is 29.1 Å². The van der Waals surface area contributed by atoms with Crippen LogP contribution in [0.1, 0.15) is 25.8 Å². The standard InChI is InChI=1S/C12H17BrClN/c1-4-9(2)15(3)12-6-5-11(13)7-10(12)8-14/h5-7,9H,4,8H2,1-3H3. The summed E-state index contributed by atoms with van der Waals surface area (Å²) in [4.78, 5) is 2.28. The van der Waals surface area contributed by atoms with E-state index < -0.39 is 0 Å². The fraction of sp³-hybridized carbons (Fsp3) is 0.500. The SMILES string of the molecule is CCC(C)N(C)c1ccc(Br)cc1CCl. The molecule has 0 aliphatic carbocycles. The Balaban J connectivity index is 3.02. The van der Waals surface area contributed by atoms with Gasteiger partial charge in [-0.1, -0.05) is 22.9 Å². The zero-order valence-corrected chi connectivity index (χ0v) is 11.8. The van der Waals surface area contributed by atoms with Gasteiger partial charge in [0.05, 0.1) is 0 Å². The topological polar surface area (TPSA) is 3.24 Å². The maximum atomic E-state index is 5.95. The molecule has 0 fully saturated rings. The summed E-state index contributed by atoms with van der Waals surface area (Å²) in [6.45, 7) is 4.42. The van der Waals surface area contributed by atoms with E-state index in [0.29, 0.717) is 11.9 Å². The van der Waals surface area contributed by atoms with Gasteiger partial charge in [0.2, 0.25) is 0 Å². The molecule has 1 atom stereocenters. The van der Waals surface area contributed by atoms with Crippen molar-refractivity contribution < 1.29 is 0 Å². The number of hydrogen-bond donors (Lipinski definition) is 0. The number of benzene rings is 1. The number of hydrogen-bond acceptors (Lipinski definition) is 1. The average Bonchev–Trinajstić information content (AvgIpc) is 2.26. The first-order chi connectivity index (χ1) is 7.10. The molecule has 0 aliphatic heterocycles. The molecule has 0 radical (unpaired) electrons. The molecule has 0 bridgehead atoms. The van der Waals surface area contributed by atoms with Crippen LogP contribution in [0.3, 0.4) is 0 Å². The Hall–Kier alpha value is -0.210. The quantitative estimate of drug-likeness (QED) is 0.742. The number of anilines is 1. The largest absolute Gasteiger partial charge is 0.372 e. The van der Waals surface area contributed by atoms with Crippen molar-refractivity contribution in [2.45, 2.75) is 32.2 Å². The molecule has 0 spiro atoms. The van der Waals surface area contributed by atoms with Crippen LogP contribution in [0.5, 0.6) is 0 Å². The van der Waals surface area contributed by atoms with Crippen LogP contribution in [0, 0.1) is 0 Å². The number of rotatable bonds is 4. The Bertz CT molecular complexity index is 327. The molecule has 0 amide bonds. The lowest BCUT2D eigenvalue weighted by molar-refractivity contribution is 0.662. The van der Waals surface area contributed by atoms with Gasteiger partial charge < -0.3 is 4.90 Å². The van der Waals surface area contributed by atoms with Crippen LogP contribution in [-0.4, -0.2) is 13.1 Å². The predicted molar refractivity (Wildman–Crippen MR) is 71.9 cm³/mol. The first-order valence-corrected chi connectivity index (χ1v) is 6.50. The van der Waals surface area contributed by atoms with Gasteiger partial charge in [0.1, 0.15) is 0 Å². The number of nitrogens with zero attached hydrogens (tertiary/aromatic N) is 1. The minimum absolute atomic E-state index is 0.535. The highest BCUT2D eigenvalue weighted by atomic mass is 79.9. The van der Waals surface area contributed by atoms with E-state index in [0.717, 1.165) is 10.9 Å².